The monoisotopic (exact) mass is 503 g/mol. The van der Waals surface area contributed by atoms with Crippen LogP contribution in [0.2, 0.25) is 0 Å². The molecule has 0 aromatic carbocycles. The first-order valence-corrected chi connectivity index (χ1v) is 14.7. The van der Waals surface area contributed by atoms with E-state index in [1.165, 1.54) is 64.2 Å². The third-order valence-electron chi connectivity index (χ3n) is 6.42. The van der Waals surface area contributed by atoms with Gasteiger partial charge < -0.3 is 10.2 Å². The third kappa shape index (κ3) is 13.1. The van der Waals surface area contributed by atoms with Crippen molar-refractivity contribution in [3.05, 3.63) is 12.2 Å². The fraction of sp³-hybridized carbons (Fsp3) is 0.840. The lowest BCUT2D eigenvalue weighted by Crippen LogP contribution is -2.59. The summed E-state index contributed by atoms with van der Waals surface area (Å²) in [7, 11) is -4.34. The van der Waals surface area contributed by atoms with E-state index in [-0.39, 0.29) is 42.2 Å². The van der Waals surface area contributed by atoms with Gasteiger partial charge in [0.25, 0.3) is 16.0 Å². The summed E-state index contributed by atoms with van der Waals surface area (Å²) < 4.78 is 31.1. The molecule has 0 fully saturated rings. The first-order valence-electron chi connectivity index (χ1n) is 13.1. The van der Waals surface area contributed by atoms with Crippen LogP contribution < -0.4 is 0 Å². The summed E-state index contributed by atoms with van der Waals surface area (Å²) in [4.78, 5) is 17.1. The number of hydrogen-bond donors (Lipinski definition) is 3. The van der Waals surface area contributed by atoms with Gasteiger partial charge in [0.05, 0.1) is 13.2 Å². The summed E-state index contributed by atoms with van der Waals surface area (Å²) >= 11 is 0. The molecule has 1 aliphatic heterocycles. The van der Waals surface area contributed by atoms with Gasteiger partial charge in [0, 0.05) is 6.42 Å². The average Bonchev–Trinajstić information content (AvgIpc) is 3.15. The Labute approximate surface area is 206 Å². The van der Waals surface area contributed by atoms with Crippen LogP contribution in [0.1, 0.15) is 90.4 Å². The smallest absolute Gasteiger partial charge is 0.267 e. The second kappa shape index (κ2) is 17.3. The van der Waals surface area contributed by atoms with Crippen molar-refractivity contribution < 1.29 is 32.5 Å². The number of ketones is 1. The predicted molar refractivity (Wildman–Crippen MR) is 137 cm³/mol. The van der Waals surface area contributed by atoms with E-state index in [1.807, 2.05) is 12.2 Å². The SMILES string of the molecule is CCCCCCCCCCCCC/C=C/CC(=O)C1=NCC[N+]1(CCO)CC(O)CS(=O)(=O)O. The van der Waals surface area contributed by atoms with E-state index < -0.39 is 22.0 Å². The Morgan fingerprint density at radius 3 is 2.18 bits per heavy atom. The van der Waals surface area contributed by atoms with E-state index in [0.29, 0.717) is 13.1 Å². The number of amidine groups is 1. The Kier molecular flexibility index (Phi) is 15.7. The van der Waals surface area contributed by atoms with Gasteiger partial charge in [0.15, 0.2) is 0 Å². The molecule has 0 spiro atoms. The van der Waals surface area contributed by atoms with Crippen molar-refractivity contribution in [2.75, 3.05) is 38.5 Å². The average molecular weight is 504 g/mol. The summed E-state index contributed by atoms with van der Waals surface area (Å²) in [5.41, 5.74) is 0. The molecular formula is C25H47N2O6S+. The summed E-state index contributed by atoms with van der Waals surface area (Å²) in [5.74, 6) is -0.721. The van der Waals surface area contributed by atoms with Gasteiger partial charge in [-0.15, -0.1) is 0 Å². The molecule has 0 aromatic rings. The molecule has 2 atom stereocenters. The number of unbranched alkanes of at least 4 members (excludes halogenated alkanes) is 11. The quantitative estimate of drug-likeness (QED) is 0.0950. The number of nitrogens with zero attached hydrogens (tertiary/aromatic N) is 2. The molecule has 0 bridgehead atoms. The van der Waals surface area contributed by atoms with Crippen molar-refractivity contribution in [3.8, 4) is 0 Å². The fourth-order valence-corrected chi connectivity index (χ4v) is 5.25. The molecule has 1 aliphatic rings. The van der Waals surface area contributed by atoms with E-state index in [9.17, 15) is 23.4 Å². The number of aliphatic hydroxyl groups is 2. The summed E-state index contributed by atoms with van der Waals surface area (Å²) in [6, 6.07) is 0. The Balaban J connectivity index is 2.32. The van der Waals surface area contributed by atoms with Crippen LogP contribution in [0, 0.1) is 0 Å². The van der Waals surface area contributed by atoms with Crippen LogP contribution in [0.3, 0.4) is 0 Å². The van der Waals surface area contributed by atoms with Crippen molar-refractivity contribution >= 4 is 21.7 Å². The van der Waals surface area contributed by atoms with Crippen molar-refractivity contribution in [2.24, 2.45) is 4.99 Å². The molecule has 198 valence electrons. The molecule has 34 heavy (non-hydrogen) atoms. The molecule has 9 heteroatoms. The first kappa shape index (κ1) is 30.9. The zero-order valence-electron chi connectivity index (χ0n) is 21.0. The first-order chi connectivity index (χ1) is 16.2. The lowest BCUT2D eigenvalue weighted by Gasteiger charge is -2.34. The van der Waals surface area contributed by atoms with Crippen LogP contribution >= 0.6 is 0 Å². The number of allylic oxidation sites excluding steroid dienone is 2. The van der Waals surface area contributed by atoms with Crippen molar-refractivity contribution in [1.29, 1.82) is 0 Å². The minimum atomic E-state index is -4.34. The highest BCUT2D eigenvalue weighted by molar-refractivity contribution is 7.85. The van der Waals surface area contributed by atoms with Crippen LogP contribution in [0.15, 0.2) is 17.1 Å². The molecule has 0 amide bonds. The van der Waals surface area contributed by atoms with Gasteiger partial charge in [0.2, 0.25) is 5.78 Å². The number of Topliss-reactive ketones (excluding diaryl/α,β-unsaturated/α-hetero) is 1. The number of rotatable bonds is 21. The highest BCUT2D eigenvalue weighted by atomic mass is 32.2. The Hall–Kier alpha value is -1.13. The van der Waals surface area contributed by atoms with Crippen molar-refractivity contribution in [3.63, 3.8) is 0 Å². The molecule has 1 rings (SSSR count). The van der Waals surface area contributed by atoms with E-state index >= 15 is 0 Å². The second-order valence-electron chi connectivity index (χ2n) is 9.53. The normalized spacial score (nSPS) is 19.6. The zero-order chi connectivity index (χ0) is 25.3. The molecule has 2 unspecified atom stereocenters. The maximum Gasteiger partial charge on any atom is 0.267 e. The van der Waals surface area contributed by atoms with Gasteiger partial charge in [-0.1, -0.05) is 83.3 Å². The summed E-state index contributed by atoms with van der Waals surface area (Å²) in [5, 5.41) is 19.6. The number of hydrogen-bond acceptors (Lipinski definition) is 6. The van der Waals surface area contributed by atoms with E-state index in [4.69, 9.17) is 4.55 Å². The lowest BCUT2D eigenvalue weighted by molar-refractivity contribution is -0.837. The van der Waals surface area contributed by atoms with Gasteiger partial charge in [0.1, 0.15) is 31.5 Å². The molecule has 0 radical (unpaired) electrons. The molecule has 0 saturated heterocycles. The minimum absolute atomic E-state index is 0.0571. The Morgan fingerprint density at radius 2 is 1.62 bits per heavy atom. The van der Waals surface area contributed by atoms with Crippen molar-refractivity contribution in [1.82, 2.24) is 0 Å². The van der Waals surface area contributed by atoms with E-state index in [1.54, 1.807) is 0 Å². The van der Waals surface area contributed by atoms with E-state index in [2.05, 4.69) is 11.9 Å². The van der Waals surface area contributed by atoms with Crippen LogP contribution in [-0.4, -0.2) is 83.9 Å². The number of carbonyl (C=O) groups is 1. The van der Waals surface area contributed by atoms with Crippen LogP contribution in [0.25, 0.3) is 0 Å². The zero-order valence-corrected chi connectivity index (χ0v) is 21.9. The Morgan fingerprint density at radius 1 is 1.03 bits per heavy atom. The topological polar surface area (TPSA) is 124 Å². The molecule has 0 saturated carbocycles. The fourth-order valence-electron chi connectivity index (χ4n) is 4.66. The molecule has 0 aromatic heterocycles. The summed E-state index contributed by atoms with van der Waals surface area (Å²) in [6.07, 6.45) is 17.9. The molecule has 3 N–H and O–H groups in total. The summed E-state index contributed by atoms with van der Waals surface area (Å²) in [6.45, 7) is 2.88. The van der Waals surface area contributed by atoms with Gasteiger partial charge >= 0.3 is 0 Å². The van der Waals surface area contributed by atoms with Crippen molar-refractivity contribution in [2.45, 2.75) is 96.5 Å². The molecule has 8 nitrogen and oxygen atoms in total. The van der Waals surface area contributed by atoms with Gasteiger partial charge in [-0.2, -0.15) is 8.42 Å². The van der Waals surface area contributed by atoms with E-state index in [0.717, 1.165) is 12.8 Å². The van der Waals surface area contributed by atoms with Crippen LogP contribution in [0.4, 0.5) is 0 Å². The maximum absolute atomic E-state index is 12.8. The third-order valence-corrected chi connectivity index (χ3v) is 7.23. The number of carbonyl (C=O) groups excluding carboxylic acids is 1. The standard InChI is InChI=1S/C25H46N2O6S/c1-2-3-4-5-6-7-8-9-10-11-12-13-14-15-16-24(30)25-26-17-18-27(25,19-20-28)21-23(29)22-34(31,32)33/h14-15,23,28-29H,2-13,16-22H2,1H3/p+1/b15-14+. The van der Waals surface area contributed by atoms with Crippen LogP contribution in [0.5, 0.6) is 0 Å². The van der Waals surface area contributed by atoms with Gasteiger partial charge in [-0.3, -0.25) is 13.8 Å². The van der Waals surface area contributed by atoms with Gasteiger partial charge in [-0.25, -0.2) is 4.99 Å². The number of aliphatic hydroxyl groups excluding tert-OH is 2. The lowest BCUT2D eigenvalue weighted by atomic mass is 10.1. The predicted octanol–water partition coefficient (Wildman–Crippen LogP) is 3.67. The molecular weight excluding hydrogens is 456 g/mol. The largest absolute Gasteiger partial charge is 0.390 e. The second-order valence-corrected chi connectivity index (χ2v) is 11.0. The van der Waals surface area contributed by atoms with Gasteiger partial charge in [-0.05, 0) is 12.8 Å². The maximum atomic E-state index is 12.8. The van der Waals surface area contributed by atoms with Crippen LogP contribution in [-0.2, 0) is 14.9 Å². The number of quaternary nitrogens is 1. The highest BCUT2D eigenvalue weighted by Gasteiger charge is 2.43. The minimum Gasteiger partial charge on any atom is -0.390 e. The number of aliphatic imine (C=N–C) groups is 1. The molecule has 0 aliphatic carbocycles. The molecule has 1 heterocycles. The Bertz CT molecular complexity index is 738. The highest BCUT2D eigenvalue weighted by Crippen LogP contribution is 2.19.